The molecule has 24 heavy (non-hydrogen) atoms. The fraction of sp³-hybridized carbons (Fsp3) is 0.0556. The monoisotopic (exact) mass is 337 g/mol. The van der Waals surface area contributed by atoms with Crippen molar-refractivity contribution in [2.24, 2.45) is 0 Å². The van der Waals surface area contributed by atoms with Gasteiger partial charge in [-0.25, -0.2) is 0 Å². The number of pyridine rings is 1. The van der Waals surface area contributed by atoms with E-state index in [2.05, 4.69) is 15.6 Å². The van der Waals surface area contributed by atoms with E-state index < -0.39 is 0 Å². The highest BCUT2D eigenvalue weighted by atomic mass is 32.1. The van der Waals surface area contributed by atoms with E-state index in [9.17, 15) is 4.79 Å². The van der Waals surface area contributed by atoms with Gasteiger partial charge < -0.3 is 10.1 Å². The Bertz CT molecular complexity index is 868. The van der Waals surface area contributed by atoms with Crippen LogP contribution in [0.5, 0.6) is 5.75 Å². The molecule has 6 heteroatoms. The van der Waals surface area contributed by atoms with Gasteiger partial charge in [0.1, 0.15) is 5.75 Å². The Balaban J connectivity index is 1.53. The molecule has 0 saturated carbocycles. The highest BCUT2D eigenvalue weighted by Gasteiger charge is 2.06. The number of nitrogens with zero attached hydrogens (tertiary/aromatic N) is 1. The molecule has 0 aliphatic heterocycles. The number of nitrogens with one attached hydrogen (secondary N) is 2. The van der Waals surface area contributed by atoms with Gasteiger partial charge in [0.15, 0.2) is 11.7 Å². The van der Waals surface area contributed by atoms with Crippen molar-refractivity contribution in [3.8, 4) is 5.75 Å². The number of aromatic nitrogens is 1. The summed E-state index contributed by atoms with van der Waals surface area (Å²) in [4.78, 5) is 16.2. The van der Waals surface area contributed by atoms with E-state index in [1.54, 1.807) is 18.3 Å². The van der Waals surface area contributed by atoms with Crippen molar-refractivity contribution in [3.05, 3.63) is 66.9 Å². The number of carbonyl (C=O) groups excluding carboxylic acids is 1. The van der Waals surface area contributed by atoms with Gasteiger partial charge in [-0.1, -0.05) is 36.4 Å². The van der Waals surface area contributed by atoms with E-state index in [1.165, 1.54) is 0 Å². The predicted molar refractivity (Wildman–Crippen MR) is 98.0 cm³/mol. The van der Waals surface area contributed by atoms with E-state index in [1.807, 2.05) is 48.5 Å². The zero-order chi connectivity index (χ0) is 16.8. The van der Waals surface area contributed by atoms with Crippen LogP contribution in [0, 0.1) is 0 Å². The number of amides is 1. The largest absolute Gasteiger partial charge is 0.484 e. The van der Waals surface area contributed by atoms with Crippen LogP contribution in [0.15, 0.2) is 66.9 Å². The van der Waals surface area contributed by atoms with Crippen LogP contribution in [-0.4, -0.2) is 22.6 Å². The molecule has 0 unspecified atom stereocenters. The number of thiocarbonyl (C=S) groups is 1. The van der Waals surface area contributed by atoms with Crippen LogP contribution < -0.4 is 15.4 Å². The molecule has 1 aromatic heterocycles. The van der Waals surface area contributed by atoms with E-state index >= 15 is 0 Å². The van der Waals surface area contributed by atoms with Crippen LogP contribution in [0.3, 0.4) is 0 Å². The number of hydrogen-bond acceptors (Lipinski definition) is 4. The number of para-hydroxylation sites is 2. The SMILES string of the molecule is O=C(COc1ccccc1)NC(=S)Nc1cnc2ccccc2c1. The lowest BCUT2D eigenvalue weighted by atomic mass is 10.2. The lowest BCUT2D eigenvalue weighted by molar-refractivity contribution is -0.121. The minimum atomic E-state index is -0.329. The van der Waals surface area contributed by atoms with Crippen molar-refractivity contribution < 1.29 is 9.53 Å². The Morgan fingerprint density at radius 2 is 1.83 bits per heavy atom. The smallest absolute Gasteiger partial charge is 0.264 e. The summed E-state index contributed by atoms with van der Waals surface area (Å²) in [5, 5.41) is 6.71. The maximum atomic E-state index is 11.9. The Morgan fingerprint density at radius 1 is 1.08 bits per heavy atom. The van der Waals surface area contributed by atoms with Gasteiger partial charge in [-0.3, -0.25) is 15.1 Å². The third-order valence-corrected chi connectivity index (χ3v) is 3.42. The van der Waals surface area contributed by atoms with Crippen molar-refractivity contribution in [1.29, 1.82) is 0 Å². The lowest BCUT2D eigenvalue weighted by Crippen LogP contribution is -2.37. The zero-order valence-electron chi connectivity index (χ0n) is 12.7. The summed E-state index contributed by atoms with van der Waals surface area (Å²) >= 11 is 5.14. The molecule has 1 amide bonds. The fourth-order valence-corrected chi connectivity index (χ4v) is 2.36. The Kier molecular flexibility index (Phi) is 4.98. The van der Waals surface area contributed by atoms with E-state index in [4.69, 9.17) is 17.0 Å². The molecule has 0 aliphatic carbocycles. The first-order valence-electron chi connectivity index (χ1n) is 7.34. The molecule has 0 radical (unpaired) electrons. The summed E-state index contributed by atoms with van der Waals surface area (Å²) in [6.45, 7) is -0.109. The van der Waals surface area contributed by atoms with Crippen LogP contribution in [0.2, 0.25) is 0 Å². The first-order valence-corrected chi connectivity index (χ1v) is 7.75. The quantitative estimate of drug-likeness (QED) is 0.716. The highest BCUT2D eigenvalue weighted by molar-refractivity contribution is 7.80. The van der Waals surface area contributed by atoms with Gasteiger partial charge in [-0.15, -0.1) is 0 Å². The number of fused-ring (bicyclic) bond motifs is 1. The molecule has 0 spiro atoms. The molecule has 0 atom stereocenters. The topological polar surface area (TPSA) is 63.2 Å². The molecule has 0 fully saturated rings. The number of hydrogen-bond donors (Lipinski definition) is 2. The predicted octanol–water partition coefficient (Wildman–Crippen LogP) is 3.13. The Hall–Kier alpha value is -2.99. The Labute approximate surface area is 144 Å². The molecule has 3 aromatic rings. The van der Waals surface area contributed by atoms with E-state index in [0.717, 1.165) is 10.9 Å². The first-order chi connectivity index (χ1) is 11.7. The van der Waals surface area contributed by atoms with Crippen molar-refractivity contribution in [2.75, 3.05) is 11.9 Å². The third-order valence-electron chi connectivity index (χ3n) is 3.21. The third kappa shape index (κ3) is 4.27. The second-order valence-corrected chi connectivity index (χ2v) is 5.43. The molecule has 2 N–H and O–H groups in total. The second kappa shape index (κ2) is 7.52. The second-order valence-electron chi connectivity index (χ2n) is 5.02. The average Bonchev–Trinajstić information content (AvgIpc) is 2.60. The summed E-state index contributed by atoms with van der Waals surface area (Å²) < 4.78 is 5.36. The minimum Gasteiger partial charge on any atom is -0.484 e. The number of carbonyl (C=O) groups is 1. The molecule has 0 bridgehead atoms. The van der Waals surface area contributed by atoms with Crippen LogP contribution >= 0.6 is 12.2 Å². The van der Waals surface area contributed by atoms with E-state index in [-0.39, 0.29) is 17.6 Å². The molecule has 120 valence electrons. The summed E-state index contributed by atoms with van der Waals surface area (Å²) in [6.07, 6.45) is 1.67. The van der Waals surface area contributed by atoms with Gasteiger partial charge in [-0.2, -0.15) is 0 Å². The molecule has 0 aliphatic rings. The number of rotatable bonds is 4. The van der Waals surface area contributed by atoms with Gasteiger partial charge in [-0.05, 0) is 36.5 Å². The summed E-state index contributed by atoms with van der Waals surface area (Å²) in [7, 11) is 0. The van der Waals surface area contributed by atoms with Crippen LogP contribution in [0.4, 0.5) is 5.69 Å². The van der Waals surface area contributed by atoms with Crippen LogP contribution in [-0.2, 0) is 4.79 Å². The molecular weight excluding hydrogens is 322 g/mol. The molecule has 0 saturated heterocycles. The van der Waals surface area contributed by atoms with Gasteiger partial charge in [0, 0.05) is 5.39 Å². The molecule has 1 heterocycles. The number of anilines is 1. The van der Waals surface area contributed by atoms with E-state index in [0.29, 0.717) is 11.4 Å². The fourth-order valence-electron chi connectivity index (χ4n) is 2.13. The minimum absolute atomic E-state index is 0.109. The van der Waals surface area contributed by atoms with Crippen molar-refractivity contribution in [1.82, 2.24) is 10.3 Å². The maximum Gasteiger partial charge on any atom is 0.264 e. The lowest BCUT2D eigenvalue weighted by Gasteiger charge is -2.10. The van der Waals surface area contributed by atoms with Crippen LogP contribution in [0.1, 0.15) is 0 Å². The standard InChI is InChI=1S/C18H15N3O2S/c22-17(12-23-15-7-2-1-3-8-15)21-18(24)20-14-10-13-6-4-5-9-16(13)19-11-14/h1-11H,12H2,(H2,20,21,22,24). The number of benzene rings is 2. The van der Waals surface area contributed by atoms with Gasteiger partial charge in [0.05, 0.1) is 17.4 Å². The number of ether oxygens (including phenoxy) is 1. The van der Waals surface area contributed by atoms with Crippen LogP contribution in [0.25, 0.3) is 10.9 Å². The van der Waals surface area contributed by atoms with Gasteiger partial charge in [0.2, 0.25) is 0 Å². The maximum absolute atomic E-state index is 11.9. The van der Waals surface area contributed by atoms with Gasteiger partial charge >= 0.3 is 0 Å². The molecule has 5 nitrogen and oxygen atoms in total. The molecule has 2 aromatic carbocycles. The summed E-state index contributed by atoms with van der Waals surface area (Å²) in [5.74, 6) is 0.301. The highest BCUT2D eigenvalue weighted by Crippen LogP contribution is 2.15. The molecule has 3 rings (SSSR count). The average molecular weight is 337 g/mol. The Morgan fingerprint density at radius 3 is 2.67 bits per heavy atom. The normalized spacial score (nSPS) is 10.2. The summed E-state index contributed by atoms with van der Waals surface area (Å²) in [5.41, 5.74) is 1.61. The first kappa shape index (κ1) is 15.9. The summed E-state index contributed by atoms with van der Waals surface area (Å²) in [6, 6.07) is 18.8. The zero-order valence-corrected chi connectivity index (χ0v) is 13.5. The van der Waals surface area contributed by atoms with Crippen molar-refractivity contribution in [3.63, 3.8) is 0 Å². The van der Waals surface area contributed by atoms with Crippen molar-refractivity contribution in [2.45, 2.75) is 0 Å². The van der Waals surface area contributed by atoms with Gasteiger partial charge in [0.25, 0.3) is 5.91 Å². The van der Waals surface area contributed by atoms with Crippen molar-refractivity contribution >= 4 is 39.8 Å². The molecular formula is C18H15N3O2S.